The minimum absolute atomic E-state index is 0.0421. The lowest BCUT2D eigenvalue weighted by molar-refractivity contribution is -0.118. The quantitative estimate of drug-likeness (QED) is 0.624. The van der Waals surface area contributed by atoms with Crippen LogP contribution in [0.3, 0.4) is 0 Å². The molecule has 0 saturated heterocycles. The molecule has 3 rings (SSSR count). The largest absolute Gasteiger partial charge is 0.411 e. The molecule has 3 aromatic rings. The number of carbonyl (C=O) groups excluding carboxylic acids is 1. The van der Waals surface area contributed by atoms with E-state index in [-0.39, 0.29) is 11.7 Å². The van der Waals surface area contributed by atoms with Crippen molar-refractivity contribution in [2.45, 2.75) is 32.4 Å². The summed E-state index contributed by atoms with van der Waals surface area (Å²) in [5.74, 6) is 0.683. The molecule has 0 aliphatic rings. The molecular formula is C21H23N3O2S. The van der Waals surface area contributed by atoms with Crippen molar-refractivity contribution in [3.63, 3.8) is 0 Å². The van der Waals surface area contributed by atoms with E-state index in [2.05, 4.69) is 41.5 Å². The zero-order chi connectivity index (χ0) is 19.2. The number of thioether (sulfide) groups is 1. The molecule has 0 radical (unpaired) electrons. The first-order valence-electron chi connectivity index (χ1n) is 8.88. The van der Waals surface area contributed by atoms with Crippen LogP contribution in [-0.2, 0) is 11.2 Å². The Kier molecular flexibility index (Phi) is 6.29. The van der Waals surface area contributed by atoms with E-state index in [0.717, 1.165) is 12.0 Å². The van der Waals surface area contributed by atoms with Gasteiger partial charge in [-0.25, -0.2) is 0 Å². The number of amides is 1. The van der Waals surface area contributed by atoms with E-state index in [1.165, 1.54) is 34.0 Å². The summed E-state index contributed by atoms with van der Waals surface area (Å²) in [6, 6.07) is 14.2. The van der Waals surface area contributed by atoms with Crippen molar-refractivity contribution in [3.8, 4) is 11.5 Å². The summed E-state index contributed by atoms with van der Waals surface area (Å²) < 4.78 is 5.67. The number of hydrogen-bond donors (Lipinski definition) is 1. The molecule has 1 aromatic heterocycles. The van der Waals surface area contributed by atoms with Gasteiger partial charge in [-0.2, -0.15) is 0 Å². The van der Waals surface area contributed by atoms with E-state index in [1.54, 1.807) is 0 Å². The number of aryl methyl sites for hydroxylation is 3. The van der Waals surface area contributed by atoms with Gasteiger partial charge in [-0.1, -0.05) is 42.1 Å². The molecule has 1 N–H and O–H groups in total. The van der Waals surface area contributed by atoms with Crippen LogP contribution in [0.4, 0.5) is 0 Å². The van der Waals surface area contributed by atoms with Gasteiger partial charge in [0.1, 0.15) is 0 Å². The Hall–Kier alpha value is -2.60. The first-order valence-corrected chi connectivity index (χ1v) is 9.86. The molecule has 0 aliphatic carbocycles. The number of nitrogens with zero attached hydrogens (tertiary/aromatic N) is 2. The van der Waals surface area contributed by atoms with E-state index in [0.29, 0.717) is 17.7 Å². The zero-order valence-corrected chi connectivity index (χ0v) is 16.6. The van der Waals surface area contributed by atoms with Crippen LogP contribution in [0.25, 0.3) is 11.5 Å². The standard InChI is InChI=1S/C21H23N3O2S/c1-14-8-9-18(12-16(14)3)20-23-24-21(26-20)27-13-19(25)22-11-10-17-7-5-4-6-15(17)2/h4-9,12H,10-11,13H2,1-3H3,(H,22,25). The third-order valence-corrected chi connectivity index (χ3v) is 5.28. The molecule has 0 atom stereocenters. The SMILES string of the molecule is Cc1ccc(-c2nnc(SCC(=O)NCCc3ccccc3C)o2)cc1C. The maximum absolute atomic E-state index is 12.0. The van der Waals surface area contributed by atoms with Crippen LogP contribution in [-0.4, -0.2) is 28.4 Å². The minimum Gasteiger partial charge on any atom is -0.411 e. The van der Waals surface area contributed by atoms with Gasteiger partial charge in [0.2, 0.25) is 11.8 Å². The Morgan fingerprint density at radius 2 is 1.85 bits per heavy atom. The van der Waals surface area contributed by atoms with Gasteiger partial charge in [-0.05, 0) is 61.6 Å². The normalized spacial score (nSPS) is 10.8. The predicted octanol–water partition coefficient (Wildman–Crippen LogP) is 4.11. The molecule has 0 saturated carbocycles. The second kappa shape index (κ2) is 8.86. The Bertz CT molecular complexity index is 937. The Morgan fingerprint density at radius 3 is 2.63 bits per heavy atom. The number of aromatic nitrogens is 2. The minimum atomic E-state index is -0.0421. The van der Waals surface area contributed by atoms with Crippen LogP contribution >= 0.6 is 11.8 Å². The molecule has 0 fully saturated rings. The smallest absolute Gasteiger partial charge is 0.277 e. The molecule has 0 aliphatic heterocycles. The highest BCUT2D eigenvalue weighted by molar-refractivity contribution is 7.99. The van der Waals surface area contributed by atoms with Crippen LogP contribution in [0.15, 0.2) is 52.1 Å². The van der Waals surface area contributed by atoms with Gasteiger partial charge in [0.05, 0.1) is 5.75 Å². The number of nitrogens with one attached hydrogen (secondary N) is 1. The molecule has 27 heavy (non-hydrogen) atoms. The fourth-order valence-corrected chi connectivity index (χ4v) is 3.26. The highest BCUT2D eigenvalue weighted by atomic mass is 32.2. The molecule has 6 heteroatoms. The van der Waals surface area contributed by atoms with Crippen LogP contribution in [0, 0.1) is 20.8 Å². The van der Waals surface area contributed by atoms with Crippen molar-refractivity contribution in [2.24, 2.45) is 0 Å². The molecule has 1 amide bonds. The molecular weight excluding hydrogens is 358 g/mol. The van der Waals surface area contributed by atoms with Crippen molar-refractivity contribution in [2.75, 3.05) is 12.3 Å². The van der Waals surface area contributed by atoms with Crippen molar-refractivity contribution in [3.05, 3.63) is 64.7 Å². The van der Waals surface area contributed by atoms with Crippen LogP contribution < -0.4 is 5.32 Å². The maximum Gasteiger partial charge on any atom is 0.277 e. The van der Waals surface area contributed by atoms with Crippen molar-refractivity contribution in [1.29, 1.82) is 0 Å². The van der Waals surface area contributed by atoms with E-state index in [9.17, 15) is 4.79 Å². The lowest BCUT2D eigenvalue weighted by Crippen LogP contribution is -2.27. The van der Waals surface area contributed by atoms with Crippen LogP contribution in [0.5, 0.6) is 0 Å². The van der Waals surface area contributed by atoms with Gasteiger partial charge < -0.3 is 9.73 Å². The number of carbonyl (C=O) groups is 1. The number of benzene rings is 2. The second-order valence-corrected chi connectivity index (χ2v) is 7.41. The summed E-state index contributed by atoms with van der Waals surface area (Å²) >= 11 is 1.25. The predicted molar refractivity (Wildman–Crippen MR) is 108 cm³/mol. The Labute approximate surface area is 163 Å². The molecule has 5 nitrogen and oxygen atoms in total. The van der Waals surface area contributed by atoms with E-state index >= 15 is 0 Å². The summed E-state index contributed by atoms with van der Waals surface area (Å²) in [5.41, 5.74) is 5.77. The lowest BCUT2D eigenvalue weighted by Gasteiger charge is -2.06. The summed E-state index contributed by atoms with van der Waals surface area (Å²) in [6.45, 7) is 6.80. The van der Waals surface area contributed by atoms with Crippen LogP contribution in [0.1, 0.15) is 22.3 Å². The highest BCUT2D eigenvalue weighted by Gasteiger charge is 2.11. The van der Waals surface area contributed by atoms with Gasteiger partial charge >= 0.3 is 0 Å². The highest BCUT2D eigenvalue weighted by Crippen LogP contribution is 2.24. The molecule has 0 spiro atoms. The Balaban J connectivity index is 1.47. The maximum atomic E-state index is 12.0. The first kappa shape index (κ1) is 19.2. The third-order valence-electron chi connectivity index (χ3n) is 4.46. The van der Waals surface area contributed by atoms with E-state index < -0.39 is 0 Å². The third kappa shape index (κ3) is 5.20. The molecule has 2 aromatic carbocycles. The first-order chi connectivity index (χ1) is 13.0. The van der Waals surface area contributed by atoms with Crippen molar-refractivity contribution < 1.29 is 9.21 Å². The lowest BCUT2D eigenvalue weighted by atomic mass is 10.1. The van der Waals surface area contributed by atoms with Gasteiger partial charge in [0, 0.05) is 12.1 Å². The second-order valence-electron chi connectivity index (χ2n) is 6.49. The van der Waals surface area contributed by atoms with Crippen molar-refractivity contribution >= 4 is 17.7 Å². The van der Waals surface area contributed by atoms with Gasteiger partial charge in [-0.15, -0.1) is 10.2 Å². The average Bonchev–Trinajstić information content (AvgIpc) is 3.13. The molecule has 0 unspecified atom stereocenters. The van der Waals surface area contributed by atoms with Gasteiger partial charge in [0.15, 0.2) is 0 Å². The topological polar surface area (TPSA) is 68.0 Å². The van der Waals surface area contributed by atoms with Crippen LogP contribution in [0.2, 0.25) is 0 Å². The molecule has 140 valence electrons. The number of hydrogen-bond acceptors (Lipinski definition) is 5. The fraction of sp³-hybridized carbons (Fsp3) is 0.286. The summed E-state index contributed by atoms with van der Waals surface area (Å²) in [7, 11) is 0. The van der Waals surface area contributed by atoms with Crippen molar-refractivity contribution in [1.82, 2.24) is 15.5 Å². The molecule has 1 heterocycles. The zero-order valence-electron chi connectivity index (χ0n) is 15.8. The molecule has 0 bridgehead atoms. The summed E-state index contributed by atoms with van der Waals surface area (Å²) in [4.78, 5) is 12.0. The monoisotopic (exact) mass is 381 g/mol. The van der Waals surface area contributed by atoms with Gasteiger partial charge in [0.25, 0.3) is 5.22 Å². The summed E-state index contributed by atoms with van der Waals surface area (Å²) in [6.07, 6.45) is 0.820. The number of rotatable bonds is 7. The summed E-state index contributed by atoms with van der Waals surface area (Å²) in [5, 5.41) is 11.4. The Morgan fingerprint density at radius 1 is 1.04 bits per heavy atom. The van der Waals surface area contributed by atoms with E-state index in [1.807, 2.05) is 37.3 Å². The van der Waals surface area contributed by atoms with Gasteiger partial charge in [-0.3, -0.25) is 4.79 Å². The van der Waals surface area contributed by atoms with E-state index in [4.69, 9.17) is 4.42 Å². The average molecular weight is 382 g/mol. The fourth-order valence-electron chi connectivity index (χ4n) is 2.66.